The Kier molecular flexibility index (Phi) is 9.46. The molecule has 1 aromatic heterocycles. The second-order valence-electron chi connectivity index (χ2n) is 6.64. The molecule has 154 valence electrons. The van der Waals surface area contributed by atoms with E-state index in [1.165, 1.54) is 29.9 Å². The molecule has 1 unspecified atom stereocenters. The fraction of sp³-hybridized carbons (Fsp3) is 0.450. The predicted molar refractivity (Wildman–Crippen MR) is 124 cm³/mol. The van der Waals surface area contributed by atoms with E-state index in [-0.39, 0.29) is 29.7 Å². The van der Waals surface area contributed by atoms with Crippen molar-refractivity contribution in [2.45, 2.75) is 32.4 Å². The molecule has 3 rings (SSSR count). The minimum atomic E-state index is -0.618. The van der Waals surface area contributed by atoms with Crippen LogP contribution in [0.2, 0.25) is 0 Å². The van der Waals surface area contributed by atoms with Crippen molar-refractivity contribution in [1.82, 2.24) is 15.5 Å². The SMILES string of the molecule is CCNC(=NCc1ccc(O)c(F)c1)NCC(c1cccs1)N1CCCC1.I. The third-order valence-corrected chi connectivity index (χ3v) is 5.67. The monoisotopic (exact) mass is 518 g/mol. The molecule has 8 heteroatoms. The molecule has 3 N–H and O–H groups in total. The van der Waals surface area contributed by atoms with E-state index in [2.05, 4.69) is 38.0 Å². The van der Waals surface area contributed by atoms with Gasteiger partial charge in [-0.15, -0.1) is 35.3 Å². The lowest BCUT2D eigenvalue weighted by Crippen LogP contribution is -2.42. The number of rotatable bonds is 7. The second-order valence-corrected chi connectivity index (χ2v) is 7.62. The van der Waals surface area contributed by atoms with E-state index in [0.717, 1.165) is 31.7 Å². The summed E-state index contributed by atoms with van der Waals surface area (Å²) in [6.07, 6.45) is 2.50. The third kappa shape index (κ3) is 6.31. The van der Waals surface area contributed by atoms with Gasteiger partial charge in [-0.05, 0) is 62.0 Å². The second kappa shape index (κ2) is 11.6. The van der Waals surface area contributed by atoms with E-state index in [0.29, 0.717) is 18.5 Å². The Labute approximate surface area is 187 Å². The molecule has 2 aromatic rings. The normalized spacial score (nSPS) is 15.9. The Bertz CT molecular complexity index is 751. The topological polar surface area (TPSA) is 59.9 Å². The summed E-state index contributed by atoms with van der Waals surface area (Å²) < 4.78 is 13.5. The number of phenols is 1. The molecule has 1 aromatic carbocycles. The number of halogens is 2. The summed E-state index contributed by atoms with van der Waals surface area (Å²) in [5.74, 6) is -0.239. The van der Waals surface area contributed by atoms with Gasteiger partial charge in [0, 0.05) is 18.0 Å². The molecule has 28 heavy (non-hydrogen) atoms. The first kappa shape index (κ1) is 22.9. The number of aromatic hydroxyl groups is 1. The van der Waals surface area contributed by atoms with Crippen LogP contribution in [0.4, 0.5) is 4.39 Å². The predicted octanol–water partition coefficient (Wildman–Crippen LogP) is 4.10. The minimum absolute atomic E-state index is 0. The van der Waals surface area contributed by atoms with E-state index in [1.54, 1.807) is 17.4 Å². The zero-order valence-electron chi connectivity index (χ0n) is 16.0. The van der Waals surface area contributed by atoms with Gasteiger partial charge in [-0.1, -0.05) is 12.1 Å². The molecule has 0 radical (unpaired) electrons. The summed E-state index contributed by atoms with van der Waals surface area (Å²) in [5, 5.41) is 18.1. The number of nitrogens with one attached hydrogen (secondary N) is 2. The quantitative estimate of drug-likeness (QED) is 0.294. The lowest BCUT2D eigenvalue weighted by atomic mass is 10.2. The molecule has 2 heterocycles. The first-order valence-corrected chi connectivity index (χ1v) is 10.3. The Morgan fingerprint density at radius 3 is 2.71 bits per heavy atom. The van der Waals surface area contributed by atoms with E-state index in [9.17, 15) is 9.50 Å². The van der Waals surface area contributed by atoms with Gasteiger partial charge >= 0.3 is 0 Å². The van der Waals surface area contributed by atoms with Gasteiger partial charge in [0.1, 0.15) is 0 Å². The first-order chi connectivity index (χ1) is 13.2. The Balaban J connectivity index is 0.00000280. The lowest BCUT2D eigenvalue weighted by molar-refractivity contribution is 0.249. The van der Waals surface area contributed by atoms with Crippen molar-refractivity contribution in [2.75, 3.05) is 26.2 Å². The number of likely N-dealkylation sites (tertiary alicyclic amines) is 1. The average molecular weight is 518 g/mol. The number of hydrogen-bond acceptors (Lipinski definition) is 4. The van der Waals surface area contributed by atoms with Gasteiger partial charge in [0.15, 0.2) is 17.5 Å². The molecule has 1 aliphatic rings. The van der Waals surface area contributed by atoms with Crippen LogP contribution in [0.15, 0.2) is 40.7 Å². The molecule has 0 spiro atoms. The standard InChI is InChI=1S/C20H27FN4OS.HI/c1-2-22-20(23-13-15-7-8-18(26)16(21)12-15)24-14-17(19-6-5-11-27-19)25-9-3-4-10-25;/h5-8,11-12,17,26H,2-4,9-10,13-14H2,1H3,(H2,22,23,24);1H. The van der Waals surface area contributed by atoms with Crippen LogP contribution >= 0.6 is 35.3 Å². The van der Waals surface area contributed by atoms with Crippen molar-refractivity contribution in [2.24, 2.45) is 4.99 Å². The average Bonchev–Trinajstić information content (AvgIpc) is 3.37. The fourth-order valence-corrected chi connectivity index (χ4v) is 4.16. The molecule has 1 atom stereocenters. The van der Waals surface area contributed by atoms with Gasteiger partial charge in [-0.2, -0.15) is 0 Å². The Hall–Kier alpha value is -1.39. The summed E-state index contributed by atoms with van der Waals surface area (Å²) in [6, 6.07) is 8.99. The van der Waals surface area contributed by atoms with Crippen LogP contribution in [-0.4, -0.2) is 42.1 Å². The molecule has 1 saturated heterocycles. The summed E-state index contributed by atoms with van der Waals surface area (Å²) in [4.78, 5) is 8.45. The summed E-state index contributed by atoms with van der Waals surface area (Å²) in [6.45, 7) is 6.16. The summed E-state index contributed by atoms with van der Waals surface area (Å²) in [7, 11) is 0. The van der Waals surface area contributed by atoms with Crippen LogP contribution in [0.3, 0.4) is 0 Å². The maximum atomic E-state index is 13.5. The number of phenolic OH excluding ortho intramolecular Hbond substituents is 1. The molecule has 0 aliphatic carbocycles. The number of hydrogen-bond donors (Lipinski definition) is 3. The van der Waals surface area contributed by atoms with Crippen LogP contribution in [0.25, 0.3) is 0 Å². The fourth-order valence-electron chi connectivity index (χ4n) is 3.30. The largest absolute Gasteiger partial charge is 0.505 e. The van der Waals surface area contributed by atoms with Gasteiger partial charge in [0.05, 0.1) is 12.6 Å². The Morgan fingerprint density at radius 1 is 1.29 bits per heavy atom. The van der Waals surface area contributed by atoms with E-state index >= 15 is 0 Å². The van der Waals surface area contributed by atoms with E-state index < -0.39 is 5.82 Å². The molecule has 0 saturated carbocycles. The maximum absolute atomic E-state index is 13.5. The van der Waals surface area contributed by atoms with Crippen molar-refractivity contribution in [3.63, 3.8) is 0 Å². The number of guanidine groups is 1. The highest BCUT2D eigenvalue weighted by Crippen LogP contribution is 2.27. The zero-order chi connectivity index (χ0) is 19.1. The molecule has 1 aliphatic heterocycles. The van der Waals surface area contributed by atoms with Gasteiger partial charge < -0.3 is 15.7 Å². The van der Waals surface area contributed by atoms with Crippen LogP contribution in [0.5, 0.6) is 5.75 Å². The third-order valence-electron chi connectivity index (χ3n) is 4.69. The van der Waals surface area contributed by atoms with Crippen LogP contribution < -0.4 is 10.6 Å². The van der Waals surface area contributed by atoms with Crippen molar-refractivity contribution in [3.8, 4) is 5.75 Å². The van der Waals surface area contributed by atoms with E-state index in [1.807, 2.05) is 6.92 Å². The highest BCUT2D eigenvalue weighted by atomic mass is 127. The van der Waals surface area contributed by atoms with Crippen molar-refractivity contribution in [3.05, 3.63) is 52.0 Å². The molecule has 1 fully saturated rings. The van der Waals surface area contributed by atoms with Crippen LogP contribution in [0.1, 0.15) is 36.2 Å². The first-order valence-electron chi connectivity index (χ1n) is 9.44. The Morgan fingerprint density at radius 2 is 2.07 bits per heavy atom. The van der Waals surface area contributed by atoms with Gasteiger partial charge in [-0.3, -0.25) is 4.90 Å². The minimum Gasteiger partial charge on any atom is -0.505 e. The molecular formula is C20H28FIN4OS. The number of nitrogens with zero attached hydrogens (tertiary/aromatic N) is 2. The lowest BCUT2D eigenvalue weighted by Gasteiger charge is -2.27. The maximum Gasteiger partial charge on any atom is 0.191 e. The van der Waals surface area contributed by atoms with E-state index in [4.69, 9.17) is 0 Å². The molecular weight excluding hydrogens is 490 g/mol. The van der Waals surface area contributed by atoms with Crippen molar-refractivity contribution >= 4 is 41.3 Å². The number of thiophene rings is 1. The number of aliphatic imine (C=N–C) groups is 1. The van der Waals surface area contributed by atoms with Crippen molar-refractivity contribution < 1.29 is 9.50 Å². The van der Waals surface area contributed by atoms with Gasteiger partial charge in [-0.25, -0.2) is 9.38 Å². The zero-order valence-corrected chi connectivity index (χ0v) is 19.2. The smallest absolute Gasteiger partial charge is 0.191 e. The molecule has 5 nitrogen and oxygen atoms in total. The van der Waals surface area contributed by atoms with Crippen LogP contribution in [-0.2, 0) is 6.54 Å². The van der Waals surface area contributed by atoms with Gasteiger partial charge in [0.25, 0.3) is 0 Å². The highest BCUT2D eigenvalue weighted by molar-refractivity contribution is 14.0. The molecule has 0 bridgehead atoms. The summed E-state index contributed by atoms with van der Waals surface area (Å²) >= 11 is 1.79. The van der Waals surface area contributed by atoms with Crippen LogP contribution in [0, 0.1) is 5.82 Å². The van der Waals surface area contributed by atoms with Gasteiger partial charge in [0.2, 0.25) is 0 Å². The van der Waals surface area contributed by atoms with Crippen molar-refractivity contribution in [1.29, 1.82) is 0 Å². The summed E-state index contributed by atoms with van der Waals surface area (Å²) in [5.41, 5.74) is 0.719. The molecule has 0 amide bonds. The number of benzene rings is 1. The highest BCUT2D eigenvalue weighted by Gasteiger charge is 2.24.